The number of aryl methyl sites for hydroxylation is 2. The van der Waals surface area contributed by atoms with Crippen LogP contribution in [0.4, 0.5) is 0 Å². The van der Waals surface area contributed by atoms with Crippen LogP contribution in [0, 0.1) is 19.8 Å². The Hall–Kier alpha value is -0.900. The van der Waals surface area contributed by atoms with Crippen LogP contribution in [0.3, 0.4) is 0 Å². The summed E-state index contributed by atoms with van der Waals surface area (Å²) >= 11 is 0. The van der Waals surface area contributed by atoms with Crippen molar-refractivity contribution in [3.8, 4) is 0 Å². The Balaban J connectivity index is 1.86. The van der Waals surface area contributed by atoms with Crippen LogP contribution in [0.2, 0.25) is 0 Å². The van der Waals surface area contributed by atoms with Gasteiger partial charge in [-0.15, -0.1) is 0 Å². The lowest BCUT2D eigenvalue weighted by atomic mass is 9.69. The van der Waals surface area contributed by atoms with Gasteiger partial charge < -0.3 is 4.74 Å². The molecular weight excluding hydrogens is 248 g/mol. The van der Waals surface area contributed by atoms with E-state index in [0.29, 0.717) is 5.92 Å². The Bertz CT molecular complexity index is 462. The number of hydrogen-bond donors (Lipinski definition) is 2. The minimum absolute atomic E-state index is 0.175. The van der Waals surface area contributed by atoms with Crippen molar-refractivity contribution in [3.05, 3.63) is 34.9 Å². The standard InChI is InChI=1S/C17H26N2O/c1-12-5-3-6-13(2)15(12)16(19-18)14-7-10-20-17(11-14)8-4-9-17/h3,5-6,14,16,19H,4,7-11,18H2,1-2H3. The molecule has 110 valence electrons. The van der Waals surface area contributed by atoms with Crippen molar-refractivity contribution < 1.29 is 4.74 Å². The highest BCUT2D eigenvalue weighted by atomic mass is 16.5. The van der Waals surface area contributed by atoms with Gasteiger partial charge in [-0.05, 0) is 68.6 Å². The molecule has 2 atom stereocenters. The molecule has 3 heteroatoms. The largest absolute Gasteiger partial charge is 0.375 e. The Kier molecular flexibility index (Phi) is 3.85. The third-order valence-electron chi connectivity index (χ3n) is 5.30. The minimum atomic E-state index is 0.175. The van der Waals surface area contributed by atoms with Gasteiger partial charge in [-0.3, -0.25) is 11.3 Å². The van der Waals surface area contributed by atoms with Gasteiger partial charge in [0.1, 0.15) is 0 Å². The maximum Gasteiger partial charge on any atom is 0.0686 e. The zero-order chi connectivity index (χ0) is 14.2. The van der Waals surface area contributed by atoms with Gasteiger partial charge in [0.25, 0.3) is 0 Å². The van der Waals surface area contributed by atoms with Gasteiger partial charge in [0.2, 0.25) is 0 Å². The first-order valence-corrected chi connectivity index (χ1v) is 7.81. The Morgan fingerprint density at radius 1 is 1.30 bits per heavy atom. The molecule has 1 saturated carbocycles. The summed E-state index contributed by atoms with van der Waals surface area (Å²) in [6.07, 6.45) is 6.03. The quantitative estimate of drug-likeness (QED) is 0.657. The van der Waals surface area contributed by atoms with Crippen LogP contribution < -0.4 is 11.3 Å². The first kappa shape index (κ1) is 14.1. The SMILES string of the molecule is Cc1cccc(C)c1C(NN)C1CCOC2(CCC2)C1. The molecule has 1 aromatic carbocycles. The molecule has 1 saturated heterocycles. The van der Waals surface area contributed by atoms with E-state index in [1.807, 2.05) is 0 Å². The number of benzene rings is 1. The molecule has 3 N–H and O–H groups in total. The highest BCUT2D eigenvalue weighted by Crippen LogP contribution is 2.47. The summed E-state index contributed by atoms with van der Waals surface area (Å²) in [6, 6.07) is 6.74. The molecule has 1 aromatic rings. The van der Waals surface area contributed by atoms with Crippen molar-refractivity contribution in [2.75, 3.05) is 6.61 Å². The number of nitrogens with one attached hydrogen (secondary N) is 1. The maximum absolute atomic E-state index is 6.05. The molecule has 2 unspecified atom stereocenters. The predicted octanol–water partition coefficient (Wildman–Crippen LogP) is 3.16. The molecular formula is C17H26N2O. The minimum Gasteiger partial charge on any atom is -0.375 e. The van der Waals surface area contributed by atoms with E-state index in [9.17, 15) is 0 Å². The van der Waals surface area contributed by atoms with Crippen LogP contribution in [0.25, 0.3) is 0 Å². The van der Waals surface area contributed by atoms with Gasteiger partial charge in [-0.2, -0.15) is 0 Å². The van der Waals surface area contributed by atoms with E-state index < -0.39 is 0 Å². The summed E-state index contributed by atoms with van der Waals surface area (Å²) in [5.41, 5.74) is 7.33. The number of nitrogens with two attached hydrogens (primary N) is 1. The van der Waals surface area contributed by atoms with Crippen LogP contribution in [0.1, 0.15) is 54.8 Å². The molecule has 2 fully saturated rings. The van der Waals surface area contributed by atoms with Crippen LogP contribution in [0.15, 0.2) is 18.2 Å². The molecule has 20 heavy (non-hydrogen) atoms. The summed E-state index contributed by atoms with van der Waals surface area (Å²) < 4.78 is 6.05. The Morgan fingerprint density at radius 2 is 2.00 bits per heavy atom. The predicted molar refractivity (Wildman–Crippen MR) is 81.2 cm³/mol. The van der Waals surface area contributed by atoms with Gasteiger partial charge >= 0.3 is 0 Å². The van der Waals surface area contributed by atoms with E-state index in [-0.39, 0.29) is 11.6 Å². The zero-order valence-corrected chi connectivity index (χ0v) is 12.6. The lowest BCUT2D eigenvalue weighted by Gasteiger charge is -2.49. The van der Waals surface area contributed by atoms with Crippen molar-refractivity contribution in [2.24, 2.45) is 11.8 Å². The molecule has 0 amide bonds. The van der Waals surface area contributed by atoms with Gasteiger partial charge in [-0.1, -0.05) is 18.2 Å². The maximum atomic E-state index is 6.05. The molecule has 1 heterocycles. The molecule has 0 aromatic heterocycles. The lowest BCUT2D eigenvalue weighted by molar-refractivity contribution is -0.147. The van der Waals surface area contributed by atoms with Gasteiger partial charge in [0, 0.05) is 12.6 Å². The number of rotatable bonds is 3. The van der Waals surface area contributed by atoms with E-state index in [1.165, 1.54) is 36.0 Å². The highest BCUT2D eigenvalue weighted by molar-refractivity contribution is 5.36. The topological polar surface area (TPSA) is 47.3 Å². The van der Waals surface area contributed by atoms with Gasteiger partial charge in [0.15, 0.2) is 0 Å². The van der Waals surface area contributed by atoms with Crippen LogP contribution in [-0.4, -0.2) is 12.2 Å². The first-order chi connectivity index (χ1) is 9.65. The van der Waals surface area contributed by atoms with Crippen molar-refractivity contribution in [2.45, 2.75) is 57.6 Å². The van der Waals surface area contributed by atoms with Crippen LogP contribution >= 0.6 is 0 Å². The van der Waals surface area contributed by atoms with E-state index >= 15 is 0 Å². The summed E-state index contributed by atoms with van der Waals surface area (Å²) in [5.74, 6) is 6.51. The smallest absolute Gasteiger partial charge is 0.0686 e. The van der Waals surface area contributed by atoms with Crippen molar-refractivity contribution >= 4 is 0 Å². The third-order valence-corrected chi connectivity index (χ3v) is 5.30. The fourth-order valence-corrected chi connectivity index (χ4v) is 4.04. The number of hydrazine groups is 1. The summed E-state index contributed by atoms with van der Waals surface area (Å²) in [5, 5.41) is 0. The lowest BCUT2D eigenvalue weighted by Crippen LogP contribution is -2.48. The van der Waals surface area contributed by atoms with E-state index in [1.54, 1.807) is 0 Å². The molecule has 3 rings (SSSR count). The van der Waals surface area contributed by atoms with Crippen molar-refractivity contribution in [3.63, 3.8) is 0 Å². The van der Waals surface area contributed by atoms with E-state index in [2.05, 4.69) is 37.5 Å². The molecule has 3 nitrogen and oxygen atoms in total. The van der Waals surface area contributed by atoms with Gasteiger partial charge in [0.05, 0.1) is 5.60 Å². The monoisotopic (exact) mass is 274 g/mol. The highest BCUT2D eigenvalue weighted by Gasteiger charge is 2.44. The van der Waals surface area contributed by atoms with Gasteiger partial charge in [-0.25, -0.2) is 0 Å². The second-order valence-corrected chi connectivity index (χ2v) is 6.59. The Morgan fingerprint density at radius 3 is 2.55 bits per heavy atom. The Labute approximate surface area is 121 Å². The van der Waals surface area contributed by atoms with E-state index in [0.717, 1.165) is 19.4 Å². The normalized spacial score (nSPS) is 26.2. The summed E-state index contributed by atoms with van der Waals surface area (Å²) in [6.45, 7) is 5.25. The summed E-state index contributed by atoms with van der Waals surface area (Å²) in [4.78, 5) is 0. The zero-order valence-electron chi connectivity index (χ0n) is 12.6. The molecule has 1 aliphatic heterocycles. The van der Waals surface area contributed by atoms with Crippen LogP contribution in [0.5, 0.6) is 0 Å². The molecule has 0 radical (unpaired) electrons. The van der Waals surface area contributed by atoms with Crippen molar-refractivity contribution in [1.82, 2.24) is 5.43 Å². The van der Waals surface area contributed by atoms with Crippen molar-refractivity contribution in [1.29, 1.82) is 0 Å². The molecule has 0 bridgehead atoms. The van der Waals surface area contributed by atoms with E-state index in [4.69, 9.17) is 10.6 Å². The molecule has 1 spiro atoms. The number of hydrogen-bond acceptors (Lipinski definition) is 3. The number of ether oxygens (including phenoxy) is 1. The first-order valence-electron chi connectivity index (χ1n) is 7.81. The second-order valence-electron chi connectivity index (χ2n) is 6.59. The fraction of sp³-hybridized carbons (Fsp3) is 0.647. The average molecular weight is 274 g/mol. The average Bonchev–Trinajstić information content (AvgIpc) is 2.41. The third kappa shape index (κ3) is 2.39. The fourth-order valence-electron chi connectivity index (χ4n) is 4.04. The molecule has 1 aliphatic carbocycles. The van der Waals surface area contributed by atoms with Crippen LogP contribution in [-0.2, 0) is 4.74 Å². The second kappa shape index (κ2) is 5.47. The summed E-state index contributed by atoms with van der Waals surface area (Å²) in [7, 11) is 0. The molecule has 2 aliphatic rings.